The van der Waals surface area contributed by atoms with Crippen molar-refractivity contribution in [3.63, 3.8) is 0 Å². The third-order valence-electron chi connectivity index (χ3n) is 4.00. The fourth-order valence-corrected chi connectivity index (χ4v) is 3.92. The molecule has 110 valence electrons. The number of rotatable bonds is 3. The van der Waals surface area contributed by atoms with Crippen molar-refractivity contribution in [2.24, 2.45) is 11.3 Å². The van der Waals surface area contributed by atoms with Crippen molar-refractivity contribution in [3.05, 3.63) is 29.3 Å². The van der Waals surface area contributed by atoms with Gasteiger partial charge >= 0.3 is 5.97 Å². The van der Waals surface area contributed by atoms with Gasteiger partial charge in [-0.05, 0) is 48.8 Å². The van der Waals surface area contributed by atoms with Crippen LogP contribution in [0.2, 0.25) is 5.02 Å². The summed E-state index contributed by atoms with van der Waals surface area (Å²) in [4.78, 5) is 11.9. The number of aliphatic carboxylic acids is 1. The number of carboxylic acid groups (broad SMARTS) is 1. The van der Waals surface area contributed by atoms with Crippen LogP contribution in [0.5, 0.6) is 0 Å². The minimum atomic E-state index is -0.911. The first kappa shape index (κ1) is 15.2. The Labute approximate surface area is 125 Å². The molecule has 1 fully saturated rings. The number of anilines is 1. The Balaban J connectivity index is 2.32. The van der Waals surface area contributed by atoms with Gasteiger partial charge in [-0.2, -0.15) is 0 Å². The van der Waals surface area contributed by atoms with Crippen molar-refractivity contribution in [1.29, 1.82) is 0 Å². The number of carboxylic acids is 1. The fourth-order valence-electron chi connectivity index (χ4n) is 3.73. The second-order valence-corrected chi connectivity index (χ2v) is 7.31. The van der Waals surface area contributed by atoms with Gasteiger partial charge < -0.3 is 10.4 Å². The highest BCUT2D eigenvalue weighted by Gasteiger charge is 2.48. The Hall–Kier alpha value is -1.22. The maximum atomic E-state index is 11.9. The molecule has 0 saturated heterocycles. The van der Waals surface area contributed by atoms with Crippen molar-refractivity contribution in [1.82, 2.24) is 0 Å². The van der Waals surface area contributed by atoms with Gasteiger partial charge in [-0.3, -0.25) is 0 Å². The van der Waals surface area contributed by atoms with Crippen molar-refractivity contribution < 1.29 is 9.90 Å². The smallest absolute Gasteiger partial charge is 0.329 e. The van der Waals surface area contributed by atoms with Crippen LogP contribution in [0.4, 0.5) is 5.69 Å². The number of nitrogens with one attached hydrogen (secondary N) is 1. The normalized spacial score (nSPS) is 28.9. The van der Waals surface area contributed by atoms with Gasteiger partial charge in [0.1, 0.15) is 5.54 Å². The van der Waals surface area contributed by atoms with E-state index in [1.165, 1.54) is 0 Å². The third-order valence-corrected chi connectivity index (χ3v) is 4.23. The van der Waals surface area contributed by atoms with E-state index in [1.54, 1.807) is 12.1 Å². The molecule has 2 rings (SSSR count). The van der Waals surface area contributed by atoms with Crippen LogP contribution in [-0.2, 0) is 4.79 Å². The molecular weight excluding hydrogens is 274 g/mol. The van der Waals surface area contributed by atoms with Gasteiger partial charge in [-0.15, -0.1) is 0 Å². The van der Waals surface area contributed by atoms with E-state index in [4.69, 9.17) is 11.6 Å². The summed E-state index contributed by atoms with van der Waals surface area (Å²) in [7, 11) is 0. The lowest BCUT2D eigenvalue weighted by molar-refractivity contribution is -0.145. The topological polar surface area (TPSA) is 49.3 Å². The summed E-state index contributed by atoms with van der Waals surface area (Å²) >= 11 is 5.98. The lowest BCUT2D eigenvalue weighted by atomic mass is 9.64. The minimum absolute atomic E-state index is 0.0155. The molecule has 0 bridgehead atoms. The zero-order valence-corrected chi connectivity index (χ0v) is 13.0. The van der Waals surface area contributed by atoms with Crippen LogP contribution in [0, 0.1) is 11.3 Å². The van der Waals surface area contributed by atoms with E-state index in [2.05, 4.69) is 26.1 Å². The number of hydrogen-bond acceptors (Lipinski definition) is 2. The SMILES string of the molecule is CC1CC(C)(C)CC(Nc2cccc(Cl)c2)(C(=O)O)C1. The molecule has 1 aliphatic rings. The molecule has 0 spiro atoms. The Morgan fingerprint density at radius 2 is 2.10 bits per heavy atom. The molecule has 2 atom stereocenters. The Morgan fingerprint density at radius 1 is 1.40 bits per heavy atom. The molecule has 4 heteroatoms. The molecule has 20 heavy (non-hydrogen) atoms. The van der Waals surface area contributed by atoms with Gasteiger partial charge in [-0.1, -0.05) is 38.4 Å². The number of benzene rings is 1. The molecule has 2 N–H and O–H groups in total. The molecule has 1 aromatic carbocycles. The van der Waals surface area contributed by atoms with Crippen LogP contribution in [0.25, 0.3) is 0 Å². The molecule has 0 aliphatic heterocycles. The molecular formula is C16H22ClNO2. The first-order chi connectivity index (χ1) is 9.22. The molecule has 0 amide bonds. The summed E-state index contributed by atoms with van der Waals surface area (Å²) in [5.74, 6) is -0.404. The van der Waals surface area contributed by atoms with Crippen LogP contribution in [0.15, 0.2) is 24.3 Å². The predicted molar refractivity (Wildman–Crippen MR) is 82.2 cm³/mol. The molecule has 1 aromatic rings. The lowest BCUT2D eigenvalue weighted by Crippen LogP contribution is -2.53. The maximum absolute atomic E-state index is 11.9. The van der Waals surface area contributed by atoms with Crippen molar-refractivity contribution >= 4 is 23.3 Å². The van der Waals surface area contributed by atoms with Crippen LogP contribution in [0.3, 0.4) is 0 Å². The second kappa shape index (κ2) is 5.28. The summed E-state index contributed by atoms with van der Waals surface area (Å²) in [6, 6.07) is 7.26. The first-order valence-corrected chi connectivity index (χ1v) is 7.37. The molecule has 0 radical (unpaired) electrons. The maximum Gasteiger partial charge on any atom is 0.329 e. The van der Waals surface area contributed by atoms with Crippen molar-refractivity contribution in [2.75, 3.05) is 5.32 Å². The number of halogens is 1. The number of carbonyl (C=O) groups is 1. The highest BCUT2D eigenvalue weighted by Crippen LogP contribution is 2.45. The molecule has 0 heterocycles. The standard InChI is InChI=1S/C16H22ClNO2/c1-11-8-15(2,3)10-16(9-11,14(19)20)18-13-6-4-5-12(17)7-13/h4-7,11,18H,8-10H2,1-3H3,(H,19,20). The summed E-state index contributed by atoms with van der Waals surface area (Å²) in [5.41, 5.74) is -0.127. The lowest BCUT2D eigenvalue weighted by Gasteiger charge is -2.46. The fraction of sp³-hybridized carbons (Fsp3) is 0.562. The quantitative estimate of drug-likeness (QED) is 0.868. The minimum Gasteiger partial charge on any atom is -0.480 e. The average molecular weight is 296 g/mol. The Bertz CT molecular complexity index is 515. The highest BCUT2D eigenvalue weighted by atomic mass is 35.5. The van der Waals surface area contributed by atoms with Gasteiger partial charge in [0.15, 0.2) is 0 Å². The van der Waals surface area contributed by atoms with Gasteiger partial charge in [0, 0.05) is 10.7 Å². The molecule has 1 aliphatic carbocycles. The Kier molecular flexibility index (Phi) is 4.01. The van der Waals surface area contributed by atoms with Crippen LogP contribution in [-0.4, -0.2) is 16.6 Å². The van der Waals surface area contributed by atoms with Gasteiger partial charge in [0.2, 0.25) is 0 Å². The first-order valence-electron chi connectivity index (χ1n) is 7.00. The van der Waals surface area contributed by atoms with Gasteiger partial charge in [0.25, 0.3) is 0 Å². The van der Waals surface area contributed by atoms with Gasteiger partial charge in [-0.25, -0.2) is 4.79 Å². The molecule has 3 nitrogen and oxygen atoms in total. The summed E-state index contributed by atoms with van der Waals surface area (Å²) in [6.45, 7) is 6.40. The van der Waals surface area contributed by atoms with E-state index in [-0.39, 0.29) is 5.41 Å². The zero-order valence-electron chi connectivity index (χ0n) is 12.2. The van der Waals surface area contributed by atoms with E-state index in [0.717, 1.165) is 12.1 Å². The van der Waals surface area contributed by atoms with Crippen molar-refractivity contribution in [3.8, 4) is 0 Å². The van der Waals surface area contributed by atoms with Crippen LogP contribution >= 0.6 is 11.6 Å². The van der Waals surface area contributed by atoms with E-state index >= 15 is 0 Å². The van der Waals surface area contributed by atoms with Crippen molar-refractivity contribution in [2.45, 2.75) is 45.6 Å². The molecule has 2 unspecified atom stereocenters. The summed E-state index contributed by atoms with van der Waals surface area (Å²) < 4.78 is 0. The highest BCUT2D eigenvalue weighted by molar-refractivity contribution is 6.30. The average Bonchev–Trinajstić information content (AvgIpc) is 2.25. The number of hydrogen-bond donors (Lipinski definition) is 2. The Morgan fingerprint density at radius 3 is 2.65 bits per heavy atom. The summed E-state index contributed by atoms with van der Waals surface area (Å²) in [5, 5.41) is 13.6. The predicted octanol–water partition coefficient (Wildman–Crippen LogP) is 4.42. The van der Waals surface area contributed by atoms with Crippen LogP contribution in [0.1, 0.15) is 40.0 Å². The van der Waals surface area contributed by atoms with Gasteiger partial charge in [0.05, 0.1) is 0 Å². The second-order valence-electron chi connectivity index (χ2n) is 6.88. The summed E-state index contributed by atoms with van der Waals surface area (Å²) in [6.07, 6.45) is 2.31. The zero-order chi connectivity index (χ0) is 15.0. The largest absolute Gasteiger partial charge is 0.480 e. The van der Waals surface area contributed by atoms with E-state index < -0.39 is 11.5 Å². The van der Waals surface area contributed by atoms with E-state index in [1.807, 2.05) is 12.1 Å². The van der Waals surface area contributed by atoms with Crippen LogP contribution < -0.4 is 5.32 Å². The molecule has 1 saturated carbocycles. The third kappa shape index (κ3) is 3.26. The van der Waals surface area contributed by atoms with E-state index in [0.29, 0.717) is 23.8 Å². The van der Waals surface area contributed by atoms with E-state index in [9.17, 15) is 9.90 Å². The molecule has 0 aromatic heterocycles. The monoisotopic (exact) mass is 295 g/mol.